The Labute approximate surface area is 571 Å². The summed E-state index contributed by atoms with van der Waals surface area (Å²) in [6, 6.07) is 20.1. The van der Waals surface area contributed by atoms with Crippen LogP contribution in [-0.4, -0.2) is 154 Å². The van der Waals surface area contributed by atoms with E-state index in [2.05, 4.69) is 62.3 Å². The number of carboxylic acid groups (broad SMARTS) is 3. The molecule has 0 spiro atoms. The second-order valence-corrected chi connectivity index (χ2v) is 25.0. The summed E-state index contributed by atoms with van der Waals surface area (Å²) in [4.78, 5) is 91.7. The quantitative estimate of drug-likeness (QED) is 0.0185. The minimum absolute atomic E-state index is 0.000452. The molecular formula is C71H86N12O16. The van der Waals surface area contributed by atoms with Crippen LogP contribution in [0.4, 0.5) is 0 Å². The molecule has 9 atom stereocenters. The van der Waals surface area contributed by atoms with E-state index in [-0.39, 0.29) is 134 Å². The fourth-order valence-corrected chi connectivity index (χ4v) is 12.7. The van der Waals surface area contributed by atoms with Crippen molar-refractivity contribution in [1.82, 2.24) is 62.3 Å². The number of nitrogens with zero attached hydrogens (tertiary/aromatic N) is 6. The third-order valence-corrected chi connectivity index (χ3v) is 18.1. The lowest BCUT2D eigenvalue weighted by Crippen LogP contribution is -2.59. The first-order valence-electron chi connectivity index (χ1n) is 33.8. The first-order valence-corrected chi connectivity index (χ1v) is 33.8. The molecule has 0 unspecified atom stereocenters. The molecule has 3 aliphatic carbocycles. The summed E-state index contributed by atoms with van der Waals surface area (Å²) in [5.41, 5.74) is 2.34. The van der Waals surface area contributed by atoms with E-state index in [0.717, 1.165) is 16.3 Å². The zero-order valence-electron chi connectivity index (χ0n) is 56.4. The molecule has 4 aromatic heterocycles. The predicted octanol–water partition coefficient (Wildman–Crippen LogP) is 7.88. The summed E-state index contributed by atoms with van der Waals surface area (Å²) in [6.45, 7) is 13.4. The Morgan fingerprint density at radius 3 is 1.33 bits per heavy atom. The zero-order valence-corrected chi connectivity index (χ0v) is 56.4. The largest absolute Gasteiger partial charge is 0.478 e. The summed E-state index contributed by atoms with van der Waals surface area (Å²) in [5, 5.41) is 64.4. The number of furan rings is 1. The van der Waals surface area contributed by atoms with Gasteiger partial charge in [0.25, 0.3) is 17.7 Å². The third-order valence-electron chi connectivity index (χ3n) is 18.1. The van der Waals surface area contributed by atoms with Crippen molar-refractivity contribution in [1.29, 1.82) is 0 Å². The van der Waals surface area contributed by atoms with Crippen molar-refractivity contribution in [2.24, 2.45) is 0 Å². The highest BCUT2D eigenvalue weighted by molar-refractivity contribution is 5.89. The molecule has 3 aliphatic rings. The average molecular weight is 1360 g/mol. The number of hydrogen-bond acceptors (Lipinski definition) is 22. The maximum absolute atomic E-state index is 14.1. The molecule has 9 N–H and O–H groups in total. The third kappa shape index (κ3) is 18.8. The molecular weight excluding hydrogens is 1280 g/mol. The van der Waals surface area contributed by atoms with Crippen molar-refractivity contribution in [2.45, 2.75) is 212 Å². The molecule has 10 rings (SSSR count). The zero-order chi connectivity index (χ0) is 70.3. The summed E-state index contributed by atoms with van der Waals surface area (Å²) >= 11 is 0. The monoisotopic (exact) mass is 1360 g/mol. The number of nitrogens with one attached hydrogen (secondary N) is 6. The van der Waals surface area contributed by atoms with Gasteiger partial charge in [0.15, 0.2) is 23.2 Å². The summed E-state index contributed by atoms with van der Waals surface area (Å²) in [7, 11) is 0. The van der Waals surface area contributed by atoms with Crippen LogP contribution in [0.25, 0.3) is 45.3 Å². The standard InChI is InChI=1S/C71H86N12O16/c1-8-47(9-2)93-55-31-44(69(87)88)28-51(63(55)75-38(7)84)72-37-60-78-68(99-83-60)54-25-24-50(96-54)34-62(86)80-65-53(30-46(71(91)92)33-57(65)95-49(12-5)13-6)73-35-58-76-66(97-81-58)41-20-18-39(19-21-41)26-61(85)79-64-52(29-45(70(89)90)32-56(64)94-48(10-3)11-4)74-36-59-77-67(98-82-59)43-23-22-40-16-14-15-17-42(40)27-43/h14-25,27,31-33,47-49,51-53,55-57,63-65,72-74H,8-13,26,28-30,34-37H2,1-7H3,(H,75,84)(H,79,85)(H,80,86)(H,87,88)(H,89,90)(H,91,92)/t51-,52-,53-,55+,56+,57+,63+,64+,65+/m0/s1. The average Bonchev–Trinajstić information content (AvgIpc) is 1.70. The smallest absolute Gasteiger partial charge is 0.331 e. The van der Waals surface area contributed by atoms with Crippen molar-refractivity contribution in [3.05, 3.63) is 143 Å². The SMILES string of the molecule is CCC(CC)O[C@@H]1C=C(C(=O)O)C[C@H](NCc2noc(-c3ccc(CC(=O)N[C@@H]4[C@@H](NCc5noc(-c6ccc(CC(=O)N[C@@H]7[C@@H](NCc8noc(-c9ccc%10ccccc%10c9)n8)CC(C(=O)O)=C[C@H]7OC(CC)CC)cc6)n5)CC(C(=O)O)=C[C@H]4OC(CC)CC)o3)n2)[C@H]1NC(C)=O. The second kappa shape index (κ2) is 33.8. The van der Waals surface area contributed by atoms with E-state index in [1.54, 1.807) is 48.6 Å². The molecule has 0 fully saturated rings. The van der Waals surface area contributed by atoms with Gasteiger partial charge in [-0.25, -0.2) is 14.4 Å². The Bertz CT molecular complexity index is 4030. The van der Waals surface area contributed by atoms with Crippen LogP contribution in [0.15, 0.2) is 132 Å². The normalized spacial score (nSPS) is 20.9. The fourth-order valence-electron chi connectivity index (χ4n) is 12.7. The number of hydrogen-bond donors (Lipinski definition) is 9. The number of aliphatic carboxylic acids is 3. The highest BCUT2D eigenvalue weighted by Gasteiger charge is 2.41. The van der Waals surface area contributed by atoms with E-state index in [4.69, 9.17) is 32.2 Å². The van der Waals surface area contributed by atoms with Crippen LogP contribution >= 0.6 is 0 Å². The number of carboxylic acids is 3. The van der Waals surface area contributed by atoms with E-state index in [1.165, 1.54) is 13.0 Å². The molecule has 526 valence electrons. The highest BCUT2D eigenvalue weighted by Crippen LogP contribution is 2.31. The highest BCUT2D eigenvalue weighted by atomic mass is 16.5. The topological polar surface area (TPSA) is 393 Å². The van der Waals surface area contributed by atoms with Gasteiger partial charge in [0.05, 0.1) is 87.2 Å². The van der Waals surface area contributed by atoms with Crippen LogP contribution in [-0.2, 0) is 75.5 Å². The van der Waals surface area contributed by atoms with Crippen molar-refractivity contribution >= 4 is 46.4 Å². The molecule has 0 saturated heterocycles. The van der Waals surface area contributed by atoms with E-state index < -0.39 is 78.4 Å². The molecule has 0 bridgehead atoms. The van der Waals surface area contributed by atoms with Crippen LogP contribution < -0.4 is 31.9 Å². The molecule has 3 amide bonds. The van der Waals surface area contributed by atoms with Crippen LogP contribution in [0, 0.1) is 0 Å². The van der Waals surface area contributed by atoms with Gasteiger partial charge in [-0.3, -0.25) is 14.4 Å². The summed E-state index contributed by atoms with van der Waals surface area (Å²) < 4.78 is 42.3. The van der Waals surface area contributed by atoms with Gasteiger partial charge in [0.2, 0.25) is 17.7 Å². The molecule has 3 aromatic carbocycles. The molecule has 28 heteroatoms. The first kappa shape index (κ1) is 72.2. The lowest BCUT2D eigenvalue weighted by atomic mass is 9.87. The van der Waals surface area contributed by atoms with Crippen molar-refractivity contribution in [3.63, 3.8) is 0 Å². The van der Waals surface area contributed by atoms with E-state index in [0.29, 0.717) is 61.4 Å². The summed E-state index contributed by atoms with van der Waals surface area (Å²) in [5.74, 6) is -2.66. The van der Waals surface area contributed by atoms with Gasteiger partial charge in [-0.1, -0.05) is 99.5 Å². The molecule has 4 heterocycles. The van der Waals surface area contributed by atoms with Gasteiger partial charge in [0.1, 0.15) is 5.76 Å². The second-order valence-electron chi connectivity index (χ2n) is 25.0. The van der Waals surface area contributed by atoms with Crippen molar-refractivity contribution in [3.8, 4) is 34.6 Å². The number of carbonyl (C=O) groups is 6. The van der Waals surface area contributed by atoms with E-state index >= 15 is 0 Å². The Morgan fingerprint density at radius 2 is 0.889 bits per heavy atom. The first-order chi connectivity index (χ1) is 47.8. The van der Waals surface area contributed by atoms with Gasteiger partial charge < -0.3 is 79.4 Å². The number of ether oxygens (including phenoxy) is 3. The fraction of sp³-hybridized carbons (Fsp3) is 0.465. The van der Waals surface area contributed by atoms with Gasteiger partial charge in [0, 0.05) is 52.9 Å². The number of fused-ring (bicyclic) bond motifs is 1. The van der Waals surface area contributed by atoms with Crippen LogP contribution in [0.3, 0.4) is 0 Å². The molecule has 7 aromatic rings. The molecule has 99 heavy (non-hydrogen) atoms. The molecule has 0 aliphatic heterocycles. The number of benzene rings is 3. The van der Waals surface area contributed by atoms with Gasteiger partial charge >= 0.3 is 17.9 Å². The summed E-state index contributed by atoms with van der Waals surface area (Å²) in [6.07, 6.45) is 5.58. The minimum Gasteiger partial charge on any atom is -0.478 e. The number of carbonyl (C=O) groups excluding carboxylic acids is 3. The predicted molar refractivity (Wildman–Crippen MR) is 358 cm³/mol. The Kier molecular flexibility index (Phi) is 24.6. The lowest BCUT2D eigenvalue weighted by molar-refractivity contribution is -0.134. The minimum atomic E-state index is -1.14. The van der Waals surface area contributed by atoms with Gasteiger partial charge in [-0.2, -0.15) is 15.0 Å². The van der Waals surface area contributed by atoms with Crippen molar-refractivity contribution in [2.75, 3.05) is 0 Å². The Balaban J connectivity index is 0.771. The van der Waals surface area contributed by atoms with Gasteiger partial charge in [-0.05, 0) is 129 Å². The maximum atomic E-state index is 14.1. The van der Waals surface area contributed by atoms with E-state index in [9.17, 15) is 44.1 Å². The number of aromatic nitrogens is 6. The Hall–Kier alpha value is -9.58. The van der Waals surface area contributed by atoms with Crippen LogP contribution in [0.5, 0.6) is 0 Å². The molecule has 0 saturated carbocycles. The van der Waals surface area contributed by atoms with E-state index in [1.807, 2.05) is 84.0 Å². The van der Waals surface area contributed by atoms with Crippen LogP contribution in [0.2, 0.25) is 0 Å². The van der Waals surface area contributed by atoms with Crippen LogP contribution in [0.1, 0.15) is 135 Å². The lowest BCUT2D eigenvalue weighted by Gasteiger charge is -2.38. The Morgan fingerprint density at radius 1 is 0.485 bits per heavy atom. The molecule has 0 radical (unpaired) electrons. The number of amides is 3. The number of rotatable bonds is 34. The van der Waals surface area contributed by atoms with Gasteiger partial charge in [-0.15, -0.1) is 0 Å². The van der Waals surface area contributed by atoms with Crippen molar-refractivity contribution < 1.29 is 76.3 Å². The maximum Gasteiger partial charge on any atom is 0.331 e. The molecule has 28 nitrogen and oxygen atoms in total.